The maximum absolute atomic E-state index is 5.64. The number of nitrogens with zero attached hydrogens (tertiary/aromatic N) is 2. The predicted octanol–water partition coefficient (Wildman–Crippen LogP) is 1.44. The van der Waals surface area contributed by atoms with Gasteiger partial charge in [0.2, 0.25) is 12.7 Å². The lowest BCUT2D eigenvalue weighted by Gasteiger charge is -2.08. The van der Waals surface area contributed by atoms with E-state index in [1.54, 1.807) is 13.1 Å². The number of rotatable bonds is 4. The molecule has 0 radical (unpaired) electrons. The lowest BCUT2D eigenvalue weighted by Crippen LogP contribution is -2.06. The summed E-state index contributed by atoms with van der Waals surface area (Å²) in [5.41, 5.74) is 6.71. The van der Waals surface area contributed by atoms with Crippen molar-refractivity contribution in [2.24, 2.45) is 0 Å². The fourth-order valence-electron chi connectivity index (χ4n) is 1.93. The molecule has 7 heteroatoms. The molecular formula is C13H15N5O2. The number of hydrogen-bond donors (Lipinski definition) is 3. The first-order valence-electron chi connectivity index (χ1n) is 6.19. The van der Waals surface area contributed by atoms with Gasteiger partial charge in [-0.3, -0.25) is 0 Å². The summed E-state index contributed by atoms with van der Waals surface area (Å²) in [5, 5.41) is 6.13. The molecule has 0 unspecified atom stereocenters. The van der Waals surface area contributed by atoms with Crippen LogP contribution in [0.2, 0.25) is 0 Å². The number of hydrogen-bond acceptors (Lipinski definition) is 7. The average Bonchev–Trinajstić information content (AvgIpc) is 2.92. The van der Waals surface area contributed by atoms with E-state index in [1.807, 2.05) is 18.2 Å². The van der Waals surface area contributed by atoms with Gasteiger partial charge >= 0.3 is 0 Å². The second-order valence-electron chi connectivity index (χ2n) is 4.29. The van der Waals surface area contributed by atoms with Crippen LogP contribution in [-0.2, 0) is 6.54 Å². The Kier molecular flexibility index (Phi) is 3.16. The van der Waals surface area contributed by atoms with E-state index in [0.29, 0.717) is 18.2 Å². The van der Waals surface area contributed by atoms with Gasteiger partial charge in [0.15, 0.2) is 11.5 Å². The Hall–Kier alpha value is -2.70. The van der Waals surface area contributed by atoms with Gasteiger partial charge in [0, 0.05) is 19.7 Å². The van der Waals surface area contributed by atoms with Gasteiger partial charge in [0.05, 0.1) is 0 Å². The number of ether oxygens (including phenoxy) is 2. The van der Waals surface area contributed by atoms with Gasteiger partial charge in [-0.25, -0.2) is 0 Å². The van der Waals surface area contributed by atoms with Gasteiger partial charge in [-0.15, -0.1) is 0 Å². The lowest BCUT2D eigenvalue weighted by molar-refractivity contribution is 0.174. The molecule has 7 nitrogen and oxygen atoms in total. The molecule has 0 bridgehead atoms. The van der Waals surface area contributed by atoms with Crippen LogP contribution in [0.4, 0.5) is 17.6 Å². The van der Waals surface area contributed by atoms with Crippen LogP contribution >= 0.6 is 0 Å². The van der Waals surface area contributed by atoms with Crippen molar-refractivity contribution < 1.29 is 9.47 Å². The fourth-order valence-corrected chi connectivity index (χ4v) is 1.93. The van der Waals surface area contributed by atoms with Crippen LogP contribution in [0, 0.1) is 0 Å². The van der Waals surface area contributed by atoms with Crippen molar-refractivity contribution >= 4 is 17.6 Å². The summed E-state index contributed by atoms with van der Waals surface area (Å²) < 4.78 is 10.6. The molecule has 4 N–H and O–H groups in total. The first-order valence-corrected chi connectivity index (χ1v) is 6.19. The number of nitrogens with one attached hydrogen (secondary N) is 2. The molecule has 0 fully saturated rings. The first kappa shape index (κ1) is 12.3. The quantitative estimate of drug-likeness (QED) is 0.776. The smallest absolute Gasteiger partial charge is 0.231 e. The van der Waals surface area contributed by atoms with Crippen LogP contribution in [0.5, 0.6) is 11.5 Å². The average molecular weight is 273 g/mol. The van der Waals surface area contributed by atoms with E-state index in [9.17, 15) is 0 Å². The van der Waals surface area contributed by atoms with Gasteiger partial charge in [0.1, 0.15) is 11.6 Å². The minimum Gasteiger partial charge on any atom is -0.454 e. The Morgan fingerprint density at radius 1 is 1.15 bits per heavy atom. The summed E-state index contributed by atoms with van der Waals surface area (Å²) >= 11 is 0. The minimum atomic E-state index is 0.227. The molecule has 0 atom stereocenters. The van der Waals surface area contributed by atoms with Crippen LogP contribution in [0.1, 0.15) is 5.56 Å². The van der Waals surface area contributed by atoms with E-state index in [2.05, 4.69) is 20.6 Å². The zero-order valence-electron chi connectivity index (χ0n) is 11.0. The van der Waals surface area contributed by atoms with Crippen LogP contribution in [0.3, 0.4) is 0 Å². The molecule has 1 aromatic carbocycles. The Morgan fingerprint density at radius 3 is 2.80 bits per heavy atom. The summed E-state index contributed by atoms with van der Waals surface area (Å²) in [5.74, 6) is 3.11. The number of fused-ring (bicyclic) bond motifs is 1. The molecule has 104 valence electrons. The standard InChI is InChI=1S/C13H15N5O2/c1-15-11-5-12(18-13(14)17-11)16-6-8-2-3-9-10(4-8)20-7-19-9/h2-5H,6-7H2,1H3,(H4,14,15,16,17,18). The Balaban J connectivity index is 1.71. The Bertz CT molecular complexity index is 632. The second-order valence-corrected chi connectivity index (χ2v) is 4.29. The van der Waals surface area contributed by atoms with Gasteiger partial charge in [-0.1, -0.05) is 6.07 Å². The number of aromatic nitrogens is 2. The molecule has 20 heavy (non-hydrogen) atoms. The SMILES string of the molecule is CNc1cc(NCc2ccc3c(c2)OCO3)nc(N)n1. The first-order chi connectivity index (χ1) is 9.74. The third-order valence-electron chi connectivity index (χ3n) is 2.91. The largest absolute Gasteiger partial charge is 0.454 e. The molecule has 0 spiro atoms. The van der Waals surface area contributed by atoms with Crippen molar-refractivity contribution in [1.29, 1.82) is 0 Å². The molecule has 1 aromatic heterocycles. The molecule has 2 heterocycles. The molecule has 0 amide bonds. The van der Waals surface area contributed by atoms with Crippen molar-refractivity contribution in [1.82, 2.24) is 9.97 Å². The fraction of sp³-hybridized carbons (Fsp3) is 0.231. The third-order valence-corrected chi connectivity index (χ3v) is 2.91. The van der Waals surface area contributed by atoms with Crippen molar-refractivity contribution in [2.75, 3.05) is 30.2 Å². The molecule has 1 aliphatic heterocycles. The maximum atomic E-state index is 5.64. The summed E-state index contributed by atoms with van der Waals surface area (Å²) in [7, 11) is 1.78. The van der Waals surface area contributed by atoms with Crippen LogP contribution in [0.25, 0.3) is 0 Å². The van der Waals surface area contributed by atoms with Crippen LogP contribution in [0.15, 0.2) is 24.3 Å². The highest BCUT2D eigenvalue weighted by atomic mass is 16.7. The molecule has 0 aliphatic carbocycles. The molecule has 1 aliphatic rings. The normalized spacial score (nSPS) is 12.2. The zero-order chi connectivity index (χ0) is 13.9. The number of nitrogens with two attached hydrogens (primary N) is 1. The Morgan fingerprint density at radius 2 is 1.95 bits per heavy atom. The summed E-state index contributed by atoms with van der Waals surface area (Å²) in [6.45, 7) is 0.885. The molecular weight excluding hydrogens is 258 g/mol. The van der Waals surface area contributed by atoms with E-state index in [-0.39, 0.29) is 12.7 Å². The molecule has 3 rings (SSSR count). The van der Waals surface area contributed by atoms with Gasteiger partial charge in [-0.2, -0.15) is 9.97 Å². The van der Waals surface area contributed by atoms with Crippen molar-refractivity contribution in [3.05, 3.63) is 29.8 Å². The lowest BCUT2D eigenvalue weighted by atomic mass is 10.2. The predicted molar refractivity (Wildman–Crippen MR) is 75.9 cm³/mol. The zero-order valence-corrected chi connectivity index (χ0v) is 11.0. The summed E-state index contributed by atoms with van der Waals surface area (Å²) in [6, 6.07) is 7.61. The van der Waals surface area contributed by atoms with E-state index in [1.165, 1.54) is 0 Å². The van der Waals surface area contributed by atoms with Crippen LogP contribution in [-0.4, -0.2) is 23.8 Å². The number of anilines is 3. The van der Waals surface area contributed by atoms with Crippen molar-refractivity contribution in [3.8, 4) is 11.5 Å². The highest BCUT2D eigenvalue weighted by Crippen LogP contribution is 2.32. The van der Waals surface area contributed by atoms with E-state index < -0.39 is 0 Å². The van der Waals surface area contributed by atoms with Gasteiger partial charge in [0.25, 0.3) is 0 Å². The number of benzene rings is 1. The van der Waals surface area contributed by atoms with E-state index in [0.717, 1.165) is 17.1 Å². The van der Waals surface area contributed by atoms with Crippen LogP contribution < -0.4 is 25.8 Å². The van der Waals surface area contributed by atoms with E-state index >= 15 is 0 Å². The van der Waals surface area contributed by atoms with Crippen molar-refractivity contribution in [3.63, 3.8) is 0 Å². The number of nitrogen functional groups attached to an aromatic ring is 1. The monoisotopic (exact) mass is 273 g/mol. The molecule has 2 aromatic rings. The third kappa shape index (κ3) is 2.51. The maximum Gasteiger partial charge on any atom is 0.231 e. The van der Waals surface area contributed by atoms with Gasteiger partial charge in [-0.05, 0) is 17.7 Å². The summed E-state index contributed by atoms with van der Waals surface area (Å²) in [4.78, 5) is 8.16. The van der Waals surface area contributed by atoms with E-state index in [4.69, 9.17) is 15.2 Å². The highest BCUT2D eigenvalue weighted by molar-refractivity contribution is 5.51. The molecule has 0 saturated heterocycles. The van der Waals surface area contributed by atoms with Gasteiger partial charge < -0.3 is 25.8 Å². The second kappa shape index (κ2) is 5.12. The topological polar surface area (TPSA) is 94.3 Å². The summed E-state index contributed by atoms with van der Waals surface area (Å²) in [6.07, 6.45) is 0. The highest BCUT2D eigenvalue weighted by Gasteiger charge is 2.13. The Labute approximate surface area is 116 Å². The minimum absolute atomic E-state index is 0.227. The van der Waals surface area contributed by atoms with Crippen molar-refractivity contribution in [2.45, 2.75) is 6.54 Å². The molecule has 0 saturated carbocycles.